The van der Waals surface area contributed by atoms with Gasteiger partial charge in [-0.15, -0.1) is 0 Å². The number of aryl methyl sites for hydroxylation is 1. The maximum absolute atomic E-state index is 11.1. The van der Waals surface area contributed by atoms with Crippen molar-refractivity contribution in [2.75, 3.05) is 20.3 Å². The first-order chi connectivity index (χ1) is 6.74. The van der Waals surface area contributed by atoms with Crippen LogP contribution in [0.5, 0.6) is 5.75 Å². The highest BCUT2D eigenvalue weighted by Gasteiger charge is 2.03. The molecule has 0 unspecified atom stereocenters. The molecule has 76 valence electrons. The minimum Gasteiger partial charge on any atom is -0.485 e. The molecule has 1 rings (SSSR count). The molecule has 3 heteroatoms. The average molecular weight is 194 g/mol. The number of ether oxygens (including phenoxy) is 2. The van der Waals surface area contributed by atoms with Crippen molar-refractivity contribution in [2.45, 2.75) is 6.92 Å². The van der Waals surface area contributed by atoms with Crippen molar-refractivity contribution in [1.82, 2.24) is 0 Å². The second kappa shape index (κ2) is 5.40. The molecule has 0 spiro atoms. The van der Waals surface area contributed by atoms with E-state index in [0.717, 1.165) is 11.3 Å². The zero-order chi connectivity index (χ0) is 10.4. The summed E-state index contributed by atoms with van der Waals surface area (Å²) in [7, 11) is 1.49. The second-order valence-corrected chi connectivity index (χ2v) is 3.03. The summed E-state index contributed by atoms with van der Waals surface area (Å²) in [5.41, 5.74) is 1.03. The Morgan fingerprint density at radius 3 is 2.64 bits per heavy atom. The normalized spacial score (nSPS) is 9.86. The van der Waals surface area contributed by atoms with Crippen LogP contribution >= 0.6 is 0 Å². The van der Waals surface area contributed by atoms with Crippen LogP contribution in [0, 0.1) is 6.92 Å². The van der Waals surface area contributed by atoms with Gasteiger partial charge in [-0.3, -0.25) is 4.79 Å². The number of carbonyl (C=O) groups is 1. The molecule has 0 saturated heterocycles. The fraction of sp³-hybridized carbons (Fsp3) is 0.364. The highest BCUT2D eigenvalue weighted by Crippen LogP contribution is 2.15. The summed E-state index contributed by atoms with van der Waals surface area (Å²) in [5.74, 6) is 0.688. The molecule has 0 atom stereocenters. The average Bonchev–Trinajstić information content (AvgIpc) is 2.17. The van der Waals surface area contributed by atoms with Gasteiger partial charge in [0.25, 0.3) is 0 Å². The number of para-hydroxylation sites is 1. The van der Waals surface area contributed by atoms with Gasteiger partial charge >= 0.3 is 0 Å². The Bertz CT molecular complexity index is 307. The van der Waals surface area contributed by atoms with Crippen LogP contribution in [-0.4, -0.2) is 26.1 Å². The number of methoxy groups -OCH3 is 1. The van der Waals surface area contributed by atoms with Crippen LogP contribution in [0.25, 0.3) is 0 Å². The topological polar surface area (TPSA) is 35.5 Å². The number of ketones is 1. The van der Waals surface area contributed by atoms with E-state index in [-0.39, 0.29) is 19.0 Å². The zero-order valence-corrected chi connectivity index (χ0v) is 8.45. The predicted octanol–water partition coefficient (Wildman–Crippen LogP) is 1.59. The van der Waals surface area contributed by atoms with Gasteiger partial charge in [0.1, 0.15) is 19.0 Å². The first-order valence-corrected chi connectivity index (χ1v) is 4.43. The Morgan fingerprint density at radius 2 is 2.00 bits per heavy atom. The van der Waals surface area contributed by atoms with Crippen LogP contribution in [-0.2, 0) is 9.53 Å². The highest BCUT2D eigenvalue weighted by molar-refractivity contribution is 5.81. The van der Waals surface area contributed by atoms with Gasteiger partial charge in [0.05, 0.1) is 0 Å². The third kappa shape index (κ3) is 3.18. The molecule has 0 heterocycles. The lowest BCUT2D eigenvalue weighted by Gasteiger charge is -2.07. The molecule has 0 radical (unpaired) electrons. The van der Waals surface area contributed by atoms with E-state index in [4.69, 9.17) is 9.47 Å². The number of benzene rings is 1. The van der Waals surface area contributed by atoms with Gasteiger partial charge in [-0.25, -0.2) is 0 Å². The third-order valence-electron chi connectivity index (χ3n) is 1.79. The van der Waals surface area contributed by atoms with E-state index in [2.05, 4.69) is 0 Å². The quantitative estimate of drug-likeness (QED) is 0.714. The molecule has 0 amide bonds. The molecule has 3 nitrogen and oxygen atoms in total. The van der Waals surface area contributed by atoms with Crippen LogP contribution in [0.15, 0.2) is 24.3 Å². The summed E-state index contributed by atoms with van der Waals surface area (Å²) in [4.78, 5) is 11.1. The Morgan fingerprint density at radius 1 is 1.29 bits per heavy atom. The van der Waals surface area contributed by atoms with Crippen molar-refractivity contribution in [3.63, 3.8) is 0 Å². The number of hydrogen-bond donors (Lipinski definition) is 0. The fourth-order valence-corrected chi connectivity index (χ4v) is 1.08. The lowest BCUT2D eigenvalue weighted by atomic mass is 10.2. The van der Waals surface area contributed by atoms with E-state index in [1.807, 2.05) is 31.2 Å². The summed E-state index contributed by atoms with van der Waals surface area (Å²) in [6, 6.07) is 7.59. The standard InChI is InChI=1S/C11H14O3/c1-9-5-3-4-6-11(9)14-8-10(12)7-13-2/h3-6H,7-8H2,1-2H3. The number of carbonyl (C=O) groups excluding carboxylic acids is 1. The SMILES string of the molecule is COCC(=O)COc1ccccc1C. The van der Waals surface area contributed by atoms with E-state index in [9.17, 15) is 4.79 Å². The Kier molecular flexibility index (Phi) is 4.13. The van der Waals surface area contributed by atoms with Crippen molar-refractivity contribution >= 4 is 5.78 Å². The van der Waals surface area contributed by atoms with Crippen molar-refractivity contribution < 1.29 is 14.3 Å². The van der Waals surface area contributed by atoms with Crippen LogP contribution in [0.3, 0.4) is 0 Å². The molecule has 0 aliphatic carbocycles. The van der Waals surface area contributed by atoms with Gasteiger partial charge in [-0.05, 0) is 18.6 Å². The second-order valence-electron chi connectivity index (χ2n) is 3.03. The summed E-state index contributed by atoms with van der Waals surface area (Å²) >= 11 is 0. The molecule has 0 N–H and O–H groups in total. The fourth-order valence-electron chi connectivity index (χ4n) is 1.08. The Balaban J connectivity index is 2.46. The minimum atomic E-state index is -0.0595. The van der Waals surface area contributed by atoms with Gasteiger partial charge in [0, 0.05) is 7.11 Å². The van der Waals surface area contributed by atoms with Crippen LogP contribution in [0.2, 0.25) is 0 Å². The van der Waals surface area contributed by atoms with Gasteiger partial charge < -0.3 is 9.47 Å². The molecule has 0 aliphatic heterocycles. The van der Waals surface area contributed by atoms with Crippen molar-refractivity contribution in [2.24, 2.45) is 0 Å². The molecule has 1 aromatic carbocycles. The van der Waals surface area contributed by atoms with E-state index >= 15 is 0 Å². The number of rotatable bonds is 5. The van der Waals surface area contributed by atoms with Gasteiger partial charge in [-0.2, -0.15) is 0 Å². The number of Topliss-reactive ketones (excluding diaryl/α,β-unsaturated/α-hetero) is 1. The minimum absolute atomic E-state index is 0.0595. The lowest BCUT2D eigenvalue weighted by molar-refractivity contribution is -0.124. The molecule has 14 heavy (non-hydrogen) atoms. The molecule has 0 aromatic heterocycles. The molecule has 0 saturated carbocycles. The van der Waals surface area contributed by atoms with E-state index < -0.39 is 0 Å². The largest absolute Gasteiger partial charge is 0.485 e. The van der Waals surface area contributed by atoms with Crippen molar-refractivity contribution in [3.05, 3.63) is 29.8 Å². The van der Waals surface area contributed by atoms with Gasteiger partial charge in [0.15, 0.2) is 5.78 Å². The van der Waals surface area contributed by atoms with Crippen LogP contribution in [0.1, 0.15) is 5.56 Å². The van der Waals surface area contributed by atoms with Gasteiger partial charge in [0.2, 0.25) is 0 Å². The zero-order valence-electron chi connectivity index (χ0n) is 8.45. The summed E-state index contributed by atoms with van der Waals surface area (Å²) < 4.78 is 10.0. The monoisotopic (exact) mass is 194 g/mol. The van der Waals surface area contributed by atoms with Crippen LogP contribution < -0.4 is 4.74 Å². The Labute approximate surface area is 83.6 Å². The summed E-state index contributed by atoms with van der Waals surface area (Å²) in [5, 5.41) is 0. The highest BCUT2D eigenvalue weighted by atomic mass is 16.5. The van der Waals surface area contributed by atoms with E-state index in [1.165, 1.54) is 7.11 Å². The maximum Gasteiger partial charge on any atom is 0.195 e. The molecule has 0 aliphatic rings. The Hall–Kier alpha value is -1.35. The summed E-state index contributed by atoms with van der Waals surface area (Å²) in [6.45, 7) is 2.11. The van der Waals surface area contributed by atoms with E-state index in [0.29, 0.717) is 0 Å². The molecule has 0 bridgehead atoms. The van der Waals surface area contributed by atoms with Gasteiger partial charge in [-0.1, -0.05) is 18.2 Å². The smallest absolute Gasteiger partial charge is 0.195 e. The molecule has 1 aromatic rings. The first-order valence-electron chi connectivity index (χ1n) is 4.43. The lowest BCUT2D eigenvalue weighted by Crippen LogP contribution is -2.16. The third-order valence-corrected chi connectivity index (χ3v) is 1.79. The number of hydrogen-bond acceptors (Lipinski definition) is 3. The molecular weight excluding hydrogens is 180 g/mol. The summed E-state index contributed by atoms with van der Waals surface area (Å²) in [6.07, 6.45) is 0. The van der Waals surface area contributed by atoms with Crippen molar-refractivity contribution in [1.29, 1.82) is 0 Å². The molecular formula is C11H14O3. The van der Waals surface area contributed by atoms with Crippen LogP contribution in [0.4, 0.5) is 0 Å². The molecule has 0 fully saturated rings. The van der Waals surface area contributed by atoms with Crippen molar-refractivity contribution in [3.8, 4) is 5.75 Å². The predicted molar refractivity (Wildman–Crippen MR) is 53.6 cm³/mol. The first kappa shape index (κ1) is 10.7. The maximum atomic E-state index is 11.1. The van der Waals surface area contributed by atoms with E-state index in [1.54, 1.807) is 0 Å².